The molecule has 67 heavy (non-hydrogen) atoms. The van der Waals surface area contributed by atoms with Gasteiger partial charge in [0, 0.05) is 0 Å². The fourth-order valence-electron chi connectivity index (χ4n) is 8.49. The standard InChI is InChI=1S/C53H99NO12S/c1-3-5-7-9-11-13-15-17-19-21-23-25-27-29-31-33-35-37-39-41-46(56)45(44-64-53-50(59)51(66-67(61,62)63)49(58)48(43-55)65-53)54-52(60)47(57)42-40-38-36-34-32-30-28-26-24-22-20-18-16-14-12-10-8-6-4-2/h23,25,31,33,39,41,45-51,53,55-59H,3-22,24,26-30,32,34-38,40,42-44H2,1-2H3,(H,54,60)(H,61,62,63)/b25-23+,33-31+,41-39+. The quantitative estimate of drug-likeness (QED) is 0.0173. The van der Waals surface area contributed by atoms with Crippen molar-refractivity contribution in [2.24, 2.45) is 0 Å². The van der Waals surface area contributed by atoms with Crippen LogP contribution in [0, 0.1) is 0 Å². The molecule has 8 unspecified atom stereocenters. The largest absolute Gasteiger partial charge is 0.397 e. The molecule has 13 nitrogen and oxygen atoms in total. The molecule has 0 aromatic heterocycles. The first-order chi connectivity index (χ1) is 32.4. The number of unbranched alkanes of at least 4 members (excludes halogenated alkanes) is 29. The Labute approximate surface area is 408 Å². The third kappa shape index (κ3) is 35.1. The van der Waals surface area contributed by atoms with Crippen LogP contribution in [0.25, 0.3) is 0 Å². The molecule has 0 spiro atoms. The van der Waals surface area contributed by atoms with Gasteiger partial charge in [-0.3, -0.25) is 9.35 Å². The lowest BCUT2D eigenvalue weighted by molar-refractivity contribution is -0.298. The van der Waals surface area contributed by atoms with E-state index in [9.17, 15) is 43.3 Å². The summed E-state index contributed by atoms with van der Waals surface area (Å²) < 4.78 is 47.7. The number of carbonyl (C=O) groups excluding carboxylic acids is 1. The molecule has 7 N–H and O–H groups in total. The SMILES string of the molecule is CCCCCCCCCCC/C=C/CC/C=C/CC/C=C/C(O)C(COC1OC(CO)C(O)C(OS(=O)(=O)O)C1O)NC(=O)C(O)CCCCCCCCCCCCCCCCCCCCC. The Balaban J connectivity index is 2.52. The highest BCUT2D eigenvalue weighted by atomic mass is 32.3. The molecule has 1 rings (SSSR count). The maximum Gasteiger partial charge on any atom is 0.397 e. The summed E-state index contributed by atoms with van der Waals surface area (Å²) in [5, 5.41) is 55.4. The van der Waals surface area contributed by atoms with E-state index in [0.717, 1.165) is 44.9 Å². The molecule has 0 saturated carbocycles. The second-order valence-electron chi connectivity index (χ2n) is 18.9. The van der Waals surface area contributed by atoms with Crippen molar-refractivity contribution >= 4 is 16.3 Å². The maximum absolute atomic E-state index is 13.2. The Morgan fingerprint density at radius 2 is 1.00 bits per heavy atom. The molecule has 0 aromatic carbocycles. The van der Waals surface area contributed by atoms with Gasteiger partial charge in [-0.25, -0.2) is 4.18 Å². The molecule has 8 atom stereocenters. The van der Waals surface area contributed by atoms with E-state index >= 15 is 0 Å². The van der Waals surface area contributed by atoms with E-state index in [0.29, 0.717) is 12.8 Å². The van der Waals surface area contributed by atoms with Crippen molar-refractivity contribution in [2.75, 3.05) is 13.2 Å². The number of hydrogen-bond donors (Lipinski definition) is 7. The van der Waals surface area contributed by atoms with Crippen molar-refractivity contribution in [1.29, 1.82) is 0 Å². The van der Waals surface area contributed by atoms with Crippen molar-refractivity contribution in [2.45, 2.75) is 281 Å². The van der Waals surface area contributed by atoms with Gasteiger partial charge in [0.05, 0.1) is 25.4 Å². The number of hydrogen-bond acceptors (Lipinski definition) is 11. The monoisotopic (exact) mass is 974 g/mol. The van der Waals surface area contributed by atoms with Gasteiger partial charge in [-0.15, -0.1) is 0 Å². The van der Waals surface area contributed by atoms with Crippen LogP contribution in [0.4, 0.5) is 0 Å². The van der Waals surface area contributed by atoms with E-state index in [4.69, 9.17) is 9.47 Å². The molecular weight excluding hydrogens is 875 g/mol. The van der Waals surface area contributed by atoms with E-state index in [1.807, 2.05) is 0 Å². The average molecular weight is 974 g/mol. The van der Waals surface area contributed by atoms with Gasteiger partial charge < -0.3 is 40.3 Å². The van der Waals surface area contributed by atoms with Crippen LogP contribution in [0.1, 0.15) is 232 Å². The zero-order chi connectivity index (χ0) is 49.2. The highest BCUT2D eigenvalue weighted by Crippen LogP contribution is 2.26. The summed E-state index contributed by atoms with van der Waals surface area (Å²) in [6.45, 7) is 3.22. The molecule has 1 amide bonds. The zero-order valence-electron chi connectivity index (χ0n) is 42.1. The molecule has 14 heteroatoms. The van der Waals surface area contributed by atoms with Crippen molar-refractivity contribution in [3.05, 3.63) is 36.5 Å². The summed E-state index contributed by atoms with van der Waals surface area (Å²) in [6.07, 6.45) is 40.8. The molecular formula is C53H99NO12S. The maximum atomic E-state index is 13.2. The second kappa shape index (κ2) is 43.1. The van der Waals surface area contributed by atoms with Crippen LogP contribution in [-0.2, 0) is 28.9 Å². The number of ether oxygens (including phenoxy) is 2. The number of carbonyl (C=O) groups is 1. The highest BCUT2D eigenvalue weighted by molar-refractivity contribution is 7.80. The van der Waals surface area contributed by atoms with Gasteiger partial charge in [0.2, 0.25) is 5.91 Å². The van der Waals surface area contributed by atoms with Gasteiger partial charge in [-0.1, -0.05) is 224 Å². The number of amides is 1. The Kier molecular flexibility index (Phi) is 40.7. The van der Waals surface area contributed by atoms with Crippen LogP contribution < -0.4 is 5.32 Å². The number of aliphatic hydroxyl groups is 5. The number of rotatable bonds is 46. The molecule has 394 valence electrons. The van der Waals surface area contributed by atoms with Gasteiger partial charge >= 0.3 is 10.4 Å². The van der Waals surface area contributed by atoms with Crippen LogP contribution in [0.5, 0.6) is 0 Å². The van der Waals surface area contributed by atoms with E-state index in [1.54, 1.807) is 6.08 Å². The minimum atomic E-state index is -5.13. The average Bonchev–Trinajstić information content (AvgIpc) is 3.30. The smallest absolute Gasteiger partial charge is 0.394 e. The molecule has 0 aromatic rings. The van der Waals surface area contributed by atoms with Gasteiger partial charge in [-0.05, 0) is 44.9 Å². The van der Waals surface area contributed by atoms with Gasteiger partial charge in [0.1, 0.15) is 30.5 Å². The van der Waals surface area contributed by atoms with Gasteiger partial charge in [0.25, 0.3) is 0 Å². The Morgan fingerprint density at radius 1 is 0.597 bits per heavy atom. The lowest BCUT2D eigenvalue weighted by Crippen LogP contribution is -2.61. The highest BCUT2D eigenvalue weighted by Gasteiger charge is 2.48. The van der Waals surface area contributed by atoms with Crippen LogP contribution in [0.15, 0.2) is 36.5 Å². The molecule has 0 aliphatic carbocycles. The third-order valence-electron chi connectivity index (χ3n) is 12.8. The number of allylic oxidation sites excluding steroid dienone is 5. The molecule has 0 radical (unpaired) electrons. The van der Waals surface area contributed by atoms with Crippen molar-refractivity contribution in [1.82, 2.24) is 5.32 Å². The first-order valence-electron chi connectivity index (χ1n) is 27.0. The second-order valence-corrected chi connectivity index (χ2v) is 20.0. The van der Waals surface area contributed by atoms with E-state index in [2.05, 4.69) is 47.7 Å². The minimum absolute atomic E-state index is 0.237. The number of aliphatic hydroxyl groups excluding tert-OH is 5. The van der Waals surface area contributed by atoms with E-state index in [1.165, 1.54) is 160 Å². The Morgan fingerprint density at radius 3 is 1.43 bits per heavy atom. The molecule has 1 saturated heterocycles. The van der Waals surface area contributed by atoms with Crippen molar-refractivity contribution in [3.63, 3.8) is 0 Å². The zero-order valence-corrected chi connectivity index (χ0v) is 42.9. The summed E-state index contributed by atoms with van der Waals surface area (Å²) in [5.74, 6) is -0.713. The first kappa shape index (κ1) is 63.3. The van der Waals surface area contributed by atoms with Crippen molar-refractivity contribution < 1.29 is 57.0 Å². The fourth-order valence-corrected chi connectivity index (χ4v) is 9.00. The molecule has 1 heterocycles. The van der Waals surface area contributed by atoms with Gasteiger partial charge in [0.15, 0.2) is 6.29 Å². The predicted molar refractivity (Wildman–Crippen MR) is 270 cm³/mol. The van der Waals surface area contributed by atoms with Crippen LogP contribution in [0.2, 0.25) is 0 Å². The molecule has 0 bridgehead atoms. The fraction of sp³-hybridized carbons (Fsp3) is 0.868. The minimum Gasteiger partial charge on any atom is -0.394 e. The predicted octanol–water partition coefficient (Wildman–Crippen LogP) is 10.8. The van der Waals surface area contributed by atoms with Gasteiger partial charge in [-0.2, -0.15) is 8.42 Å². The summed E-state index contributed by atoms with van der Waals surface area (Å²) in [5.41, 5.74) is 0. The molecule has 1 fully saturated rings. The number of nitrogens with one attached hydrogen (secondary N) is 1. The van der Waals surface area contributed by atoms with E-state index < -0.39 is 78.5 Å². The lowest BCUT2D eigenvalue weighted by Gasteiger charge is -2.41. The topological polar surface area (TPSA) is 212 Å². The first-order valence-corrected chi connectivity index (χ1v) is 28.3. The van der Waals surface area contributed by atoms with Crippen LogP contribution >= 0.6 is 0 Å². The Hall–Kier alpha value is -1.72. The Bertz CT molecular complexity index is 1350. The summed E-state index contributed by atoms with van der Waals surface area (Å²) in [4.78, 5) is 13.2. The summed E-state index contributed by atoms with van der Waals surface area (Å²) in [6, 6.07) is -1.14. The normalized spacial score (nSPS) is 20.6. The summed E-state index contributed by atoms with van der Waals surface area (Å²) >= 11 is 0. The van der Waals surface area contributed by atoms with Crippen molar-refractivity contribution in [3.8, 4) is 0 Å². The van der Waals surface area contributed by atoms with E-state index in [-0.39, 0.29) is 6.42 Å². The third-order valence-corrected chi connectivity index (χ3v) is 13.2. The van der Waals surface area contributed by atoms with Crippen LogP contribution in [0.3, 0.4) is 0 Å². The summed E-state index contributed by atoms with van der Waals surface area (Å²) in [7, 11) is -5.13. The lowest BCUT2D eigenvalue weighted by atomic mass is 9.99. The van der Waals surface area contributed by atoms with Crippen LogP contribution in [-0.4, -0.2) is 107 Å². The molecule has 1 aliphatic rings. The molecule has 1 aliphatic heterocycles.